The van der Waals surface area contributed by atoms with Gasteiger partial charge in [-0.2, -0.15) is 0 Å². The quantitative estimate of drug-likeness (QED) is 0.765. The second kappa shape index (κ2) is 7.23. The Bertz CT molecular complexity index is 548. The van der Waals surface area contributed by atoms with Crippen LogP contribution in [0.1, 0.15) is 24.8 Å². The van der Waals surface area contributed by atoms with Gasteiger partial charge in [0.05, 0.1) is 0 Å². The van der Waals surface area contributed by atoms with Crippen LogP contribution in [-0.4, -0.2) is 25.5 Å². The average Bonchev–Trinajstić information content (AvgIpc) is 2.48. The van der Waals surface area contributed by atoms with Crippen LogP contribution in [-0.2, 0) is 0 Å². The summed E-state index contributed by atoms with van der Waals surface area (Å²) in [5.41, 5.74) is 1.31. The maximum atomic E-state index is 12.8. The third-order valence-electron chi connectivity index (χ3n) is 3.51. The van der Waals surface area contributed by atoms with Crippen LogP contribution in [0, 0.1) is 5.82 Å². The highest BCUT2D eigenvalue weighted by atomic mass is 19.1. The number of hydrogen-bond donors (Lipinski definition) is 0. The third-order valence-corrected chi connectivity index (χ3v) is 3.51. The van der Waals surface area contributed by atoms with Crippen molar-refractivity contribution in [1.29, 1.82) is 0 Å². The van der Waals surface area contributed by atoms with Crippen molar-refractivity contribution < 1.29 is 9.13 Å². The van der Waals surface area contributed by atoms with Gasteiger partial charge >= 0.3 is 0 Å². The van der Waals surface area contributed by atoms with E-state index in [-0.39, 0.29) is 5.82 Å². The van der Waals surface area contributed by atoms with Crippen molar-refractivity contribution in [2.24, 2.45) is 0 Å². The van der Waals surface area contributed by atoms with Gasteiger partial charge in [-0.3, -0.25) is 0 Å². The Morgan fingerprint density at radius 3 is 2.00 bits per heavy atom. The molecule has 112 valence electrons. The Morgan fingerprint density at radius 2 is 1.48 bits per heavy atom. The van der Waals surface area contributed by atoms with Gasteiger partial charge in [-0.25, -0.2) is 4.39 Å². The van der Waals surface area contributed by atoms with Crippen molar-refractivity contribution in [3.8, 4) is 11.5 Å². The lowest BCUT2D eigenvalue weighted by Crippen LogP contribution is -2.14. The predicted molar refractivity (Wildman–Crippen MR) is 84.5 cm³/mol. The fourth-order valence-corrected chi connectivity index (χ4v) is 2.12. The zero-order chi connectivity index (χ0) is 15.2. The zero-order valence-corrected chi connectivity index (χ0v) is 12.8. The van der Waals surface area contributed by atoms with Gasteiger partial charge in [0.2, 0.25) is 0 Å². The molecule has 0 aliphatic heterocycles. The molecular weight excluding hydrogens is 265 g/mol. The Labute approximate surface area is 126 Å². The molecule has 0 amide bonds. The van der Waals surface area contributed by atoms with Crippen molar-refractivity contribution in [2.75, 3.05) is 20.6 Å². The maximum absolute atomic E-state index is 12.8. The first-order valence-corrected chi connectivity index (χ1v) is 7.22. The Morgan fingerprint density at radius 1 is 0.952 bits per heavy atom. The molecule has 1 atom stereocenters. The van der Waals surface area contributed by atoms with Gasteiger partial charge in [-0.05, 0) is 74.9 Å². The molecule has 0 saturated heterocycles. The third kappa shape index (κ3) is 4.87. The van der Waals surface area contributed by atoms with E-state index in [4.69, 9.17) is 4.74 Å². The predicted octanol–water partition coefficient (Wildman–Crippen LogP) is 4.67. The largest absolute Gasteiger partial charge is 0.457 e. The smallest absolute Gasteiger partial charge is 0.127 e. The van der Waals surface area contributed by atoms with Crippen LogP contribution in [0.5, 0.6) is 11.5 Å². The van der Waals surface area contributed by atoms with E-state index in [9.17, 15) is 4.39 Å². The lowest BCUT2D eigenvalue weighted by molar-refractivity contribution is 0.386. The SMILES string of the molecule is CC(CCN(C)C)c1ccc(Oc2ccc(F)cc2)cc1. The molecule has 0 spiro atoms. The van der Waals surface area contributed by atoms with Crippen molar-refractivity contribution in [3.63, 3.8) is 0 Å². The van der Waals surface area contributed by atoms with E-state index in [0.29, 0.717) is 11.7 Å². The first-order valence-electron chi connectivity index (χ1n) is 7.22. The molecule has 0 heterocycles. The van der Waals surface area contributed by atoms with Crippen LogP contribution < -0.4 is 4.74 Å². The summed E-state index contributed by atoms with van der Waals surface area (Å²) in [7, 11) is 4.18. The summed E-state index contributed by atoms with van der Waals surface area (Å²) >= 11 is 0. The first kappa shape index (κ1) is 15.5. The van der Waals surface area contributed by atoms with Gasteiger partial charge in [0.1, 0.15) is 17.3 Å². The van der Waals surface area contributed by atoms with Crippen LogP contribution in [0.2, 0.25) is 0 Å². The van der Waals surface area contributed by atoms with Crippen LogP contribution >= 0.6 is 0 Å². The first-order chi connectivity index (χ1) is 10.0. The second-order valence-electron chi connectivity index (χ2n) is 5.62. The standard InChI is InChI=1S/C18H22FNO/c1-14(12-13-20(2)3)15-4-8-17(9-5-15)21-18-10-6-16(19)7-11-18/h4-11,14H,12-13H2,1-3H3. The van der Waals surface area contributed by atoms with Crippen molar-refractivity contribution in [1.82, 2.24) is 4.90 Å². The van der Waals surface area contributed by atoms with Crippen molar-refractivity contribution in [2.45, 2.75) is 19.3 Å². The van der Waals surface area contributed by atoms with Gasteiger partial charge < -0.3 is 9.64 Å². The molecule has 0 radical (unpaired) electrons. The monoisotopic (exact) mass is 287 g/mol. The summed E-state index contributed by atoms with van der Waals surface area (Å²) in [6, 6.07) is 14.2. The van der Waals surface area contributed by atoms with E-state index in [1.54, 1.807) is 12.1 Å². The van der Waals surface area contributed by atoms with E-state index >= 15 is 0 Å². The molecule has 2 nitrogen and oxygen atoms in total. The summed E-state index contributed by atoms with van der Waals surface area (Å²) in [5, 5.41) is 0. The fourth-order valence-electron chi connectivity index (χ4n) is 2.12. The van der Waals surface area contributed by atoms with E-state index in [0.717, 1.165) is 18.7 Å². The molecule has 1 unspecified atom stereocenters. The minimum atomic E-state index is -0.257. The molecule has 2 aromatic carbocycles. The normalized spacial score (nSPS) is 12.4. The van der Waals surface area contributed by atoms with E-state index in [2.05, 4.69) is 38.1 Å². The maximum Gasteiger partial charge on any atom is 0.127 e. The minimum absolute atomic E-state index is 0.257. The van der Waals surface area contributed by atoms with Crippen LogP contribution in [0.15, 0.2) is 48.5 Å². The van der Waals surface area contributed by atoms with E-state index in [1.807, 2.05) is 12.1 Å². The summed E-state index contributed by atoms with van der Waals surface area (Å²) < 4.78 is 18.5. The number of benzene rings is 2. The summed E-state index contributed by atoms with van der Waals surface area (Å²) in [4.78, 5) is 2.20. The van der Waals surface area contributed by atoms with Crippen molar-refractivity contribution in [3.05, 3.63) is 59.9 Å². The van der Waals surface area contributed by atoms with E-state index < -0.39 is 0 Å². The summed E-state index contributed by atoms with van der Waals surface area (Å²) in [5.74, 6) is 1.68. The number of rotatable bonds is 6. The number of nitrogens with zero attached hydrogens (tertiary/aromatic N) is 1. The molecule has 0 fully saturated rings. The molecule has 0 N–H and O–H groups in total. The molecule has 0 saturated carbocycles. The van der Waals surface area contributed by atoms with Crippen LogP contribution in [0.25, 0.3) is 0 Å². The summed E-state index contributed by atoms with van der Waals surface area (Å²) in [6.45, 7) is 3.31. The van der Waals surface area contributed by atoms with E-state index in [1.165, 1.54) is 17.7 Å². The molecule has 2 rings (SSSR count). The van der Waals surface area contributed by atoms with Crippen LogP contribution in [0.3, 0.4) is 0 Å². The number of ether oxygens (including phenoxy) is 1. The molecular formula is C18H22FNO. The molecule has 2 aromatic rings. The number of halogens is 1. The van der Waals surface area contributed by atoms with Gasteiger partial charge in [0.15, 0.2) is 0 Å². The lowest BCUT2D eigenvalue weighted by atomic mass is 9.97. The molecule has 3 heteroatoms. The van der Waals surface area contributed by atoms with Gasteiger partial charge in [-0.1, -0.05) is 19.1 Å². The average molecular weight is 287 g/mol. The second-order valence-corrected chi connectivity index (χ2v) is 5.62. The van der Waals surface area contributed by atoms with Gasteiger partial charge in [-0.15, -0.1) is 0 Å². The van der Waals surface area contributed by atoms with Gasteiger partial charge in [0.25, 0.3) is 0 Å². The summed E-state index contributed by atoms with van der Waals surface area (Å²) in [6.07, 6.45) is 1.13. The van der Waals surface area contributed by atoms with Crippen LogP contribution in [0.4, 0.5) is 4.39 Å². The molecule has 0 bridgehead atoms. The topological polar surface area (TPSA) is 12.5 Å². The highest BCUT2D eigenvalue weighted by molar-refractivity contribution is 5.34. The molecule has 0 aromatic heterocycles. The number of hydrogen-bond acceptors (Lipinski definition) is 2. The molecule has 21 heavy (non-hydrogen) atoms. The molecule has 0 aliphatic carbocycles. The van der Waals surface area contributed by atoms with Gasteiger partial charge in [0, 0.05) is 0 Å². The lowest BCUT2D eigenvalue weighted by Gasteiger charge is -2.16. The minimum Gasteiger partial charge on any atom is -0.457 e. The fraction of sp³-hybridized carbons (Fsp3) is 0.333. The highest BCUT2D eigenvalue weighted by Gasteiger charge is 2.06. The Balaban J connectivity index is 1.96. The molecule has 0 aliphatic rings. The highest BCUT2D eigenvalue weighted by Crippen LogP contribution is 2.25. The Hall–Kier alpha value is -1.87. The Kier molecular flexibility index (Phi) is 5.34. The zero-order valence-electron chi connectivity index (χ0n) is 12.8. The van der Waals surface area contributed by atoms with Crippen molar-refractivity contribution >= 4 is 0 Å².